The average Bonchev–Trinajstić information content (AvgIpc) is 1.62. The van der Waals surface area contributed by atoms with Crippen LogP contribution in [0.25, 0.3) is 251 Å². The predicted molar refractivity (Wildman–Crippen MR) is 534 cm³/mol. The summed E-state index contributed by atoms with van der Waals surface area (Å²) in [6, 6.07) is 162. The van der Waals surface area contributed by atoms with Crippen LogP contribution in [0.4, 0.5) is 0 Å². The summed E-state index contributed by atoms with van der Waals surface area (Å²) in [5.74, 6) is 3.24. The molecule has 606 valence electrons. The van der Waals surface area contributed by atoms with E-state index in [2.05, 4.69) is 420 Å². The van der Waals surface area contributed by atoms with Crippen molar-refractivity contribution in [3.05, 3.63) is 455 Å². The summed E-state index contributed by atoms with van der Waals surface area (Å²) >= 11 is 0. The number of aromatic nitrogens is 9. The zero-order valence-corrected chi connectivity index (χ0v) is 70.2. The van der Waals surface area contributed by atoms with Crippen LogP contribution in [0, 0.1) is 0 Å². The van der Waals surface area contributed by atoms with Crippen molar-refractivity contribution in [2.45, 2.75) is 0 Å². The maximum atomic E-state index is 6.83. The molecule has 19 aromatic carbocycles. The van der Waals surface area contributed by atoms with Crippen LogP contribution >= 0.6 is 0 Å². The van der Waals surface area contributed by atoms with Gasteiger partial charge in [-0.1, -0.05) is 309 Å². The maximum absolute atomic E-state index is 6.83. The standard InChI is InChI=1S/C120H75N9O/c1-8-30-76(31-9-1)82-38-28-39-83(66-82)89-70-91(72-92(71-89)118-122-115(79-34-12-3-13-35-79)123-119(124-118)100-49-29-53-111-112(100)103-74-85(60-65-110(103)130-111)84-58-62-107-101(73-84)97-46-22-25-50-104(97)127(107)93-40-16-5-17-41-93)90-68-87(77-32-10-2-11-33-77)67-88(69-90)78-54-56-81(57-55-78)117-121-116(80-36-14-4-15-37-80)125-120(126-117)114-96(61-64-109-113(114)99-48-24-27-52-106(99)129(109)95-44-20-7-21-45-95)86-59-63-108-102(75-86)98-47-23-26-51-105(98)128(108)94-42-18-6-19-43-94/h1-75H. The lowest BCUT2D eigenvalue weighted by atomic mass is 9.90. The van der Waals surface area contributed by atoms with Crippen molar-refractivity contribution in [2.75, 3.05) is 0 Å². The van der Waals surface area contributed by atoms with Gasteiger partial charge in [0.1, 0.15) is 11.2 Å². The molecule has 0 unspecified atom stereocenters. The molecular weight excluding hydrogens is 1580 g/mol. The minimum atomic E-state index is 0.517. The van der Waals surface area contributed by atoms with Crippen molar-refractivity contribution in [3.63, 3.8) is 0 Å². The molecule has 130 heavy (non-hydrogen) atoms. The molecule has 0 aliphatic carbocycles. The number of benzene rings is 19. The number of rotatable bonds is 16. The molecule has 0 aliphatic rings. The second kappa shape index (κ2) is 31.3. The summed E-state index contributed by atoms with van der Waals surface area (Å²) in [5.41, 5.74) is 31.2. The zero-order valence-electron chi connectivity index (χ0n) is 70.2. The Kier molecular flexibility index (Phi) is 18.0. The number of nitrogens with zero attached hydrogens (tertiary/aromatic N) is 9. The summed E-state index contributed by atoms with van der Waals surface area (Å²) in [5, 5.41) is 8.68. The number of hydrogen-bond acceptors (Lipinski definition) is 7. The van der Waals surface area contributed by atoms with Gasteiger partial charge >= 0.3 is 0 Å². The van der Waals surface area contributed by atoms with E-state index < -0.39 is 0 Å². The Hall–Kier alpha value is -17.6. The van der Waals surface area contributed by atoms with Crippen molar-refractivity contribution < 1.29 is 4.42 Å². The Labute approximate surface area is 748 Å². The van der Waals surface area contributed by atoms with Gasteiger partial charge in [-0.2, -0.15) is 0 Å². The van der Waals surface area contributed by atoms with E-state index in [0.29, 0.717) is 34.9 Å². The van der Waals surface area contributed by atoms with Gasteiger partial charge in [-0.25, -0.2) is 29.9 Å². The van der Waals surface area contributed by atoms with Gasteiger partial charge in [0.2, 0.25) is 0 Å². The van der Waals surface area contributed by atoms with Gasteiger partial charge in [0.15, 0.2) is 34.9 Å². The highest BCUT2D eigenvalue weighted by molar-refractivity contribution is 6.20. The fourth-order valence-corrected chi connectivity index (χ4v) is 19.4. The van der Waals surface area contributed by atoms with Crippen molar-refractivity contribution in [1.82, 2.24) is 43.6 Å². The van der Waals surface area contributed by atoms with E-state index in [0.717, 1.165) is 200 Å². The fourth-order valence-electron chi connectivity index (χ4n) is 19.4. The molecule has 0 amide bonds. The summed E-state index contributed by atoms with van der Waals surface area (Å²) in [6.45, 7) is 0. The molecule has 6 heterocycles. The van der Waals surface area contributed by atoms with E-state index >= 15 is 0 Å². The molecular formula is C120H75N9O. The monoisotopic (exact) mass is 1660 g/mol. The average molecular weight is 1660 g/mol. The summed E-state index contributed by atoms with van der Waals surface area (Å²) < 4.78 is 13.9. The number of furan rings is 1. The Morgan fingerprint density at radius 2 is 0.469 bits per heavy atom. The van der Waals surface area contributed by atoms with Crippen LogP contribution in [-0.2, 0) is 0 Å². The van der Waals surface area contributed by atoms with E-state index in [1.54, 1.807) is 0 Å². The number of fused-ring (bicyclic) bond motifs is 12. The van der Waals surface area contributed by atoms with Crippen LogP contribution in [0.1, 0.15) is 0 Å². The molecule has 0 atom stereocenters. The highest BCUT2D eigenvalue weighted by atomic mass is 16.3. The van der Waals surface area contributed by atoms with E-state index in [1.807, 2.05) is 48.5 Å². The minimum absolute atomic E-state index is 0.517. The lowest BCUT2D eigenvalue weighted by molar-refractivity contribution is 0.669. The first-order valence-electron chi connectivity index (χ1n) is 43.9. The second-order valence-corrected chi connectivity index (χ2v) is 33.2. The topological polar surface area (TPSA) is 105 Å². The summed E-state index contributed by atoms with van der Waals surface area (Å²) in [6.07, 6.45) is 0. The maximum Gasteiger partial charge on any atom is 0.165 e. The Morgan fingerprint density at radius 3 is 1.01 bits per heavy atom. The van der Waals surface area contributed by atoms with E-state index in [9.17, 15) is 0 Å². The van der Waals surface area contributed by atoms with Crippen molar-refractivity contribution in [2.24, 2.45) is 0 Å². The first-order chi connectivity index (χ1) is 64.4. The first kappa shape index (κ1) is 75.0. The fraction of sp³-hybridized carbons (Fsp3) is 0. The van der Waals surface area contributed by atoms with Gasteiger partial charge in [0.25, 0.3) is 0 Å². The summed E-state index contributed by atoms with van der Waals surface area (Å²) in [7, 11) is 0. The van der Waals surface area contributed by atoms with Gasteiger partial charge in [-0.05, 0) is 223 Å². The van der Waals surface area contributed by atoms with E-state index in [-0.39, 0.29) is 0 Å². The van der Waals surface area contributed by atoms with Gasteiger partial charge in [0.05, 0.1) is 33.1 Å². The molecule has 0 bridgehead atoms. The molecule has 0 spiro atoms. The van der Waals surface area contributed by atoms with Gasteiger partial charge in [0, 0.05) is 93.5 Å². The first-order valence-corrected chi connectivity index (χ1v) is 43.9. The molecule has 0 aliphatic heterocycles. The molecule has 10 nitrogen and oxygen atoms in total. The molecule has 10 heteroatoms. The number of hydrogen-bond donors (Lipinski definition) is 0. The Balaban J connectivity index is 0.646. The molecule has 25 aromatic rings. The molecule has 0 N–H and O–H groups in total. The smallest absolute Gasteiger partial charge is 0.165 e. The molecule has 6 aromatic heterocycles. The number of para-hydroxylation sites is 6. The molecule has 0 fully saturated rings. The second-order valence-electron chi connectivity index (χ2n) is 33.2. The Bertz CT molecular complexity index is 8750. The predicted octanol–water partition coefficient (Wildman–Crippen LogP) is 30.9. The normalized spacial score (nSPS) is 11.7. The zero-order chi connectivity index (χ0) is 85.7. The van der Waals surface area contributed by atoms with Crippen molar-refractivity contribution >= 4 is 87.4 Å². The quantitative estimate of drug-likeness (QED) is 0.0949. The van der Waals surface area contributed by atoms with Crippen LogP contribution in [0.15, 0.2) is 459 Å². The Morgan fingerprint density at radius 1 is 0.154 bits per heavy atom. The molecule has 0 saturated heterocycles. The van der Waals surface area contributed by atoms with Crippen LogP contribution in [0.2, 0.25) is 0 Å². The summed E-state index contributed by atoms with van der Waals surface area (Å²) in [4.78, 5) is 33.4. The van der Waals surface area contributed by atoms with Crippen LogP contribution in [0.5, 0.6) is 0 Å². The third kappa shape index (κ3) is 13.1. The van der Waals surface area contributed by atoms with Crippen LogP contribution < -0.4 is 0 Å². The van der Waals surface area contributed by atoms with Crippen LogP contribution in [-0.4, -0.2) is 43.6 Å². The van der Waals surface area contributed by atoms with Gasteiger partial charge in [-0.15, -0.1) is 0 Å². The highest BCUT2D eigenvalue weighted by Gasteiger charge is 2.27. The third-order valence-corrected chi connectivity index (χ3v) is 25.5. The largest absolute Gasteiger partial charge is 0.456 e. The minimum Gasteiger partial charge on any atom is -0.456 e. The molecule has 0 radical (unpaired) electrons. The lowest BCUT2D eigenvalue weighted by Crippen LogP contribution is -2.02. The van der Waals surface area contributed by atoms with E-state index in [4.69, 9.17) is 34.3 Å². The highest BCUT2D eigenvalue weighted by Crippen LogP contribution is 2.48. The van der Waals surface area contributed by atoms with E-state index in [1.165, 1.54) is 16.2 Å². The molecule has 0 saturated carbocycles. The van der Waals surface area contributed by atoms with Crippen LogP contribution in [0.3, 0.4) is 0 Å². The van der Waals surface area contributed by atoms with Gasteiger partial charge in [-0.3, -0.25) is 0 Å². The molecule has 25 rings (SSSR count). The van der Waals surface area contributed by atoms with Gasteiger partial charge < -0.3 is 18.1 Å². The van der Waals surface area contributed by atoms with Crippen molar-refractivity contribution in [1.29, 1.82) is 0 Å². The SMILES string of the molecule is c1ccc(-c2cccc(-c3cc(-c4cc(-c5ccccc5)cc(-c5ccc(-c6nc(-c7ccccc7)nc(-c7c(-c8ccc9c(c8)c8ccccc8n9-c8ccccc8)ccc8c7c7ccccc7n8-c7ccccc7)n6)cc5)c4)cc(-c4nc(-c5ccccc5)nc(-c5cccc6oc7ccc(-c8ccc9c(c8)c8ccccc8n9-c8ccccc8)cc7c56)n4)c3)c2)cc1. The lowest BCUT2D eigenvalue weighted by Gasteiger charge is -2.16. The third-order valence-electron chi connectivity index (χ3n) is 25.5. The van der Waals surface area contributed by atoms with Crippen molar-refractivity contribution in [3.8, 4) is 163 Å².